The van der Waals surface area contributed by atoms with E-state index >= 15 is 0 Å². The molecule has 2 aromatic carbocycles. The van der Waals surface area contributed by atoms with Crippen molar-refractivity contribution in [1.82, 2.24) is 15.3 Å². The molecule has 1 heterocycles. The lowest BCUT2D eigenvalue weighted by Crippen LogP contribution is -2.34. The molecule has 3 rings (SSSR count). The average molecular weight is 563 g/mol. The number of rotatable bonds is 10. The molecule has 0 aliphatic heterocycles. The molecular formula is C27H26ClF3N4O4. The van der Waals surface area contributed by atoms with Gasteiger partial charge in [-0.05, 0) is 55.8 Å². The smallest absolute Gasteiger partial charge is 0.416 e. The molecule has 1 unspecified atom stereocenters. The summed E-state index contributed by atoms with van der Waals surface area (Å²) in [5.41, 5.74) is 0.368. The number of hydrogen-bond donors (Lipinski definition) is 1. The Balaban J connectivity index is 1.81. The number of carbonyl (C=O) groups is 3. The van der Waals surface area contributed by atoms with Gasteiger partial charge in [-0.15, -0.1) is 0 Å². The summed E-state index contributed by atoms with van der Waals surface area (Å²) in [5, 5.41) is 3.13. The SMILES string of the molecule is COC(=O)CC(C)NC(=O)CCCC(=O)N(c1ccc(C(F)(F)F)cc1)c1nccc(-c2cccc(Cl)c2)n1. The van der Waals surface area contributed by atoms with Gasteiger partial charge in [-0.2, -0.15) is 13.2 Å². The zero-order valence-corrected chi connectivity index (χ0v) is 21.9. The van der Waals surface area contributed by atoms with Crippen molar-refractivity contribution in [2.24, 2.45) is 0 Å². The lowest BCUT2D eigenvalue weighted by atomic mass is 10.1. The predicted octanol–water partition coefficient (Wildman–Crippen LogP) is 5.72. The normalized spacial score (nSPS) is 11.9. The van der Waals surface area contributed by atoms with Crippen molar-refractivity contribution in [3.8, 4) is 11.3 Å². The molecule has 0 fully saturated rings. The van der Waals surface area contributed by atoms with Gasteiger partial charge in [-0.1, -0.05) is 23.7 Å². The summed E-state index contributed by atoms with van der Waals surface area (Å²) in [6.45, 7) is 1.65. The van der Waals surface area contributed by atoms with Crippen molar-refractivity contribution < 1.29 is 32.3 Å². The van der Waals surface area contributed by atoms with Crippen LogP contribution in [0.5, 0.6) is 0 Å². The fraction of sp³-hybridized carbons (Fsp3) is 0.296. The van der Waals surface area contributed by atoms with Gasteiger partial charge in [0.1, 0.15) is 0 Å². The van der Waals surface area contributed by atoms with Crippen molar-refractivity contribution >= 4 is 41.0 Å². The highest BCUT2D eigenvalue weighted by molar-refractivity contribution is 6.30. The van der Waals surface area contributed by atoms with Gasteiger partial charge in [0.2, 0.25) is 17.8 Å². The number of esters is 1. The second-order valence-electron chi connectivity index (χ2n) is 8.63. The molecule has 1 N–H and O–H groups in total. The molecular weight excluding hydrogens is 537 g/mol. The Kier molecular flexibility index (Phi) is 10.00. The van der Waals surface area contributed by atoms with Crippen molar-refractivity contribution in [2.45, 2.75) is 44.8 Å². The number of alkyl halides is 3. The van der Waals surface area contributed by atoms with Crippen LogP contribution in [-0.4, -0.2) is 40.9 Å². The number of hydrogen-bond acceptors (Lipinski definition) is 6. The summed E-state index contributed by atoms with van der Waals surface area (Å²) in [6.07, 6.45) is -3.11. The van der Waals surface area contributed by atoms with Crippen LogP contribution in [0.25, 0.3) is 11.3 Å². The molecule has 3 aromatic rings. The van der Waals surface area contributed by atoms with Crippen LogP contribution in [0.2, 0.25) is 5.02 Å². The van der Waals surface area contributed by atoms with E-state index < -0.39 is 29.7 Å². The van der Waals surface area contributed by atoms with E-state index in [-0.39, 0.29) is 43.2 Å². The third-order valence-electron chi connectivity index (χ3n) is 5.57. The van der Waals surface area contributed by atoms with Gasteiger partial charge in [0, 0.05) is 35.7 Å². The van der Waals surface area contributed by atoms with Gasteiger partial charge in [0.15, 0.2) is 0 Å². The number of aromatic nitrogens is 2. The first-order valence-corrected chi connectivity index (χ1v) is 12.3. The van der Waals surface area contributed by atoms with Crippen molar-refractivity contribution in [2.75, 3.05) is 12.0 Å². The average Bonchev–Trinajstić information content (AvgIpc) is 2.88. The first-order chi connectivity index (χ1) is 18.5. The van der Waals surface area contributed by atoms with Crippen molar-refractivity contribution in [3.63, 3.8) is 0 Å². The topological polar surface area (TPSA) is 101 Å². The van der Waals surface area contributed by atoms with Crippen molar-refractivity contribution in [3.05, 3.63) is 71.4 Å². The number of methoxy groups -OCH3 is 1. The fourth-order valence-corrected chi connectivity index (χ4v) is 3.87. The minimum atomic E-state index is -4.55. The minimum absolute atomic E-state index is 0.00315. The quantitative estimate of drug-likeness (QED) is 0.317. The highest BCUT2D eigenvalue weighted by Gasteiger charge is 2.31. The zero-order valence-electron chi connectivity index (χ0n) is 21.2. The monoisotopic (exact) mass is 562 g/mol. The van der Waals surface area contributed by atoms with Crippen LogP contribution in [0, 0.1) is 0 Å². The number of benzene rings is 2. The van der Waals surface area contributed by atoms with E-state index in [9.17, 15) is 27.6 Å². The van der Waals surface area contributed by atoms with Crippen LogP contribution >= 0.6 is 11.6 Å². The number of carbonyl (C=O) groups excluding carboxylic acids is 3. The van der Waals surface area contributed by atoms with Crippen LogP contribution in [0.3, 0.4) is 0 Å². The van der Waals surface area contributed by atoms with Gasteiger partial charge in [0.25, 0.3) is 0 Å². The summed E-state index contributed by atoms with van der Waals surface area (Å²) in [6, 6.07) is 12.1. The lowest BCUT2D eigenvalue weighted by Gasteiger charge is -2.22. The molecule has 1 atom stereocenters. The summed E-state index contributed by atoms with van der Waals surface area (Å²) in [7, 11) is 1.25. The zero-order chi connectivity index (χ0) is 28.6. The van der Waals surface area contributed by atoms with Crippen LogP contribution in [0.1, 0.15) is 38.2 Å². The van der Waals surface area contributed by atoms with Gasteiger partial charge < -0.3 is 10.1 Å². The Morgan fingerprint density at radius 1 is 1.08 bits per heavy atom. The summed E-state index contributed by atoms with van der Waals surface area (Å²) in [5.74, 6) is -1.40. The Bertz CT molecular complexity index is 1320. The van der Waals surface area contributed by atoms with Gasteiger partial charge in [-0.25, -0.2) is 14.9 Å². The largest absolute Gasteiger partial charge is 0.469 e. The van der Waals surface area contributed by atoms with Crippen LogP contribution in [0.15, 0.2) is 60.8 Å². The Labute approximate surface area is 228 Å². The number of nitrogens with one attached hydrogen (secondary N) is 1. The number of halogens is 4. The maximum absolute atomic E-state index is 13.3. The standard InChI is InChI=1S/C27H26ClF3N4O4/c1-17(15-25(38)39-2)33-23(36)7-4-8-24(37)35(21-11-9-19(10-12-21)27(29,30)31)26-32-14-13-22(34-26)18-5-3-6-20(28)16-18/h3,5-6,9-14,16-17H,4,7-8,15H2,1-2H3,(H,33,36). The lowest BCUT2D eigenvalue weighted by molar-refractivity contribution is -0.141. The molecule has 2 amide bonds. The van der Waals surface area contributed by atoms with Crippen LogP contribution < -0.4 is 10.2 Å². The molecule has 0 spiro atoms. The first kappa shape index (κ1) is 29.6. The van der Waals surface area contributed by atoms with Crippen molar-refractivity contribution in [1.29, 1.82) is 0 Å². The molecule has 0 saturated heterocycles. The third kappa shape index (κ3) is 8.51. The molecule has 0 saturated carbocycles. The maximum Gasteiger partial charge on any atom is 0.416 e. The fourth-order valence-electron chi connectivity index (χ4n) is 3.68. The molecule has 0 radical (unpaired) electrons. The van der Waals surface area contributed by atoms with Gasteiger partial charge in [-0.3, -0.25) is 14.4 Å². The molecule has 0 aliphatic carbocycles. The number of amides is 2. The minimum Gasteiger partial charge on any atom is -0.469 e. The van der Waals surface area contributed by atoms with E-state index in [4.69, 9.17) is 11.6 Å². The van der Waals surface area contributed by atoms with Gasteiger partial charge >= 0.3 is 12.1 Å². The second-order valence-corrected chi connectivity index (χ2v) is 9.06. The van der Waals surface area contributed by atoms with Crippen LogP contribution in [-0.2, 0) is 25.3 Å². The molecule has 39 heavy (non-hydrogen) atoms. The van der Waals surface area contributed by atoms with Gasteiger partial charge in [0.05, 0.1) is 30.5 Å². The molecule has 0 bridgehead atoms. The predicted molar refractivity (Wildman–Crippen MR) is 139 cm³/mol. The van der Waals surface area contributed by atoms with E-state index in [2.05, 4.69) is 20.0 Å². The number of anilines is 2. The van der Waals surface area contributed by atoms with E-state index in [0.29, 0.717) is 16.3 Å². The number of ether oxygens (including phenoxy) is 1. The Morgan fingerprint density at radius 3 is 2.44 bits per heavy atom. The highest BCUT2D eigenvalue weighted by Crippen LogP contribution is 2.32. The maximum atomic E-state index is 13.3. The molecule has 0 aliphatic rings. The number of nitrogens with zero attached hydrogens (tertiary/aromatic N) is 3. The first-order valence-electron chi connectivity index (χ1n) is 11.9. The Morgan fingerprint density at radius 2 is 1.79 bits per heavy atom. The van der Waals surface area contributed by atoms with E-state index in [1.807, 2.05) is 0 Å². The molecule has 1 aromatic heterocycles. The molecule has 8 nitrogen and oxygen atoms in total. The third-order valence-corrected chi connectivity index (χ3v) is 5.80. The second kappa shape index (κ2) is 13.2. The highest BCUT2D eigenvalue weighted by atomic mass is 35.5. The van der Waals surface area contributed by atoms with E-state index in [0.717, 1.165) is 29.2 Å². The summed E-state index contributed by atoms with van der Waals surface area (Å²) >= 11 is 6.09. The summed E-state index contributed by atoms with van der Waals surface area (Å²) < 4.78 is 43.9. The molecule has 12 heteroatoms. The van der Waals surface area contributed by atoms with E-state index in [1.54, 1.807) is 37.3 Å². The Hall–Kier alpha value is -3.99. The summed E-state index contributed by atoms with van der Waals surface area (Å²) in [4.78, 5) is 46.7. The van der Waals surface area contributed by atoms with E-state index in [1.165, 1.54) is 13.3 Å². The molecule has 206 valence electrons. The van der Waals surface area contributed by atoms with Crippen LogP contribution in [0.4, 0.5) is 24.8 Å².